The van der Waals surface area contributed by atoms with Crippen LogP contribution in [0.2, 0.25) is 0 Å². The topological polar surface area (TPSA) is 85.6 Å². The standard InChI is InChI=1S/C19H19NO5S/c1-23-16-6-4-14(5-7-16)13-26(21,22)19(12-20)10-15-8-17(24-2)11-18(9-15)25-3/h4-11H,13H2,1-3H3/b19-10-. The van der Waals surface area contributed by atoms with Gasteiger partial charge in [0.2, 0.25) is 0 Å². The molecule has 0 N–H and O–H groups in total. The van der Waals surface area contributed by atoms with E-state index in [2.05, 4.69) is 0 Å². The van der Waals surface area contributed by atoms with Crippen molar-refractivity contribution in [3.8, 4) is 23.3 Å². The highest BCUT2D eigenvalue weighted by Crippen LogP contribution is 2.26. The Balaban J connectivity index is 2.36. The molecular formula is C19H19NO5S. The molecule has 0 aromatic heterocycles. The Morgan fingerprint density at radius 3 is 1.96 bits per heavy atom. The average molecular weight is 373 g/mol. The summed E-state index contributed by atoms with van der Waals surface area (Å²) in [5.74, 6) is 1.35. The summed E-state index contributed by atoms with van der Waals surface area (Å²) in [6.45, 7) is 0. The zero-order valence-corrected chi connectivity index (χ0v) is 15.5. The Morgan fingerprint density at radius 1 is 0.962 bits per heavy atom. The molecule has 0 bridgehead atoms. The summed E-state index contributed by atoms with van der Waals surface area (Å²) in [7, 11) is 0.715. The van der Waals surface area contributed by atoms with Crippen LogP contribution in [-0.4, -0.2) is 29.7 Å². The third kappa shape index (κ3) is 4.77. The molecule has 6 nitrogen and oxygen atoms in total. The zero-order chi connectivity index (χ0) is 19.2. The first-order chi connectivity index (χ1) is 12.4. The number of hydrogen-bond acceptors (Lipinski definition) is 6. The number of nitrogens with zero attached hydrogens (tertiary/aromatic N) is 1. The maximum atomic E-state index is 12.6. The summed E-state index contributed by atoms with van der Waals surface area (Å²) in [6.07, 6.45) is 1.31. The number of sulfone groups is 1. The van der Waals surface area contributed by atoms with E-state index in [-0.39, 0.29) is 10.7 Å². The fourth-order valence-electron chi connectivity index (χ4n) is 2.27. The van der Waals surface area contributed by atoms with E-state index in [1.165, 1.54) is 27.4 Å². The van der Waals surface area contributed by atoms with E-state index in [1.807, 2.05) is 0 Å². The summed E-state index contributed by atoms with van der Waals surface area (Å²) in [6, 6.07) is 13.3. The van der Waals surface area contributed by atoms with Crippen LogP contribution in [0.3, 0.4) is 0 Å². The van der Waals surface area contributed by atoms with Crippen molar-refractivity contribution in [1.82, 2.24) is 0 Å². The van der Waals surface area contributed by atoms with Crippen molar-refractivity contribution in [2.45, 2.75) is 5.75 Å². The second-order valence-corrected chi connectivity index (χ2v) is 7.33. The van der Waals surface area contributed by atoms with Crippen LogP contribution in [0.15, 0.2) is 47.4 Å². The fourth-order valence-corrected chi connectivity index (χ4v) is 3.52. The van der Waals surface area contributed by atoms with Crippen LogP contribution < -0.4 is 14.2 Å². The molecule has 0 heterocycles. The highest BCUT2D eigenvalue weighted by atomic mass is 32.2. The molecule has 2 rings (SSSR count). The van der Waals surface area contributed by atoms with Gasteiger partial charge in [-0.2, -0.15) is 5.26 Å². The van der Waals surface area contributed by atoms with E-state index in [0.717, 1.165) is 0 Å². The minimum absolute atomic E-state index is 0.280. The van der Waals surface area contributed by atoms with Gasteiger partial charge in [-0.05, 0) is 41.5 Å². The van der Waals surface area contributed by atoms with Gasteiger partial charge in [-0.25, -0.2) is 8.42 Å². The predicted octanol–water partition coefficient (Wildman–Crippen LogP) is 3.19. The monoisotopic (exact) mass is 373 g/mol. The summed E-state index contributed by atoms with van der Waals surface area (Å²) in [5.41, 5.74) is 1.06. The molecule has 0 radical (unpaired) electrons. The van der Waals surface area contributed by atoms with Crippen molar-refractivity contribution in [3.63, 3.8) is 0 Å². The summed E-state index contributed by atoms with van der Waals surface area (Å²) >= 11 is 0. The first kappa shape index (κ1) is 19.3. The Kier molecular flexibility index (Phi) is 6.26. The van der Waals surface area contributed by atoms with E-state index in [0.29, 0.717) is 28.4 Å². The second kappa shape index (κ2) is 8.41. The molecule has 0 aliphatic heterocycles. The van der Waals surface area contributed by atoms with Crippen molar-refractivity contribution < 1.29 is 22.6 Å². The van der Waals surface area contributed by atoms with Gasteiger partial charge >= 0.3 is 0 Å². The van der Waals surface area contributed by atoms with Crippen LogP contribution in [-0.2, 0) is 15.6 Å². The molecule has 0 aliphatic rings. The average Bonchev–Trinajstić information content (AvgIpc) is 2.65. The Hall–Kier alpha value is -2.98. The van der Waals surface area contributed by atoms with Gasteiger partial charge in [0.05, 0.1) is 27.1 Å². The van der Waals surface area contributed by atoms with Crippen LogP contribution in [0.25, 0.3) is 6.08 Å². The molecule has 0 aliphatic carbocycles. The van der Waals surface area contributed by atoms with Crippen molar-refractivity contribution in [3.05, 3.63) is 58.5 Å². The molecule has 7 heteroatoms. The van der Waals surface area contributed by atoms with Gasteiger partial charge in [-0.3, -0.25) is 0 Å². The molecule has 0 fully saturated rings. The molecule has 0 saturated carbocycles. The van der Waals surface area contributed by atoms with Gasteiger partial charge in [0, 0.05) is 6.07 Å². The van der Waals surface area contributed by atoms with E-state index in [4.69, 9.17) is 14.2 Å². The first-order valence-electron chi connectivity index (χ1n) is 7.62. The SMILES string of the molecule is COc1ccc(CS(=O)(=O)/C(C#N)=C\c2cc(OC)cc(OC)c2)cc1. The number of benzene rings is 2. The lowest BCUT2D eigenvalue weighted by Crippen LogP contribution is -2.06. The Morgan fingerprint density at radius 2 is 1.50 bits per heavy atom. The van der Waals surface area contributed by atoms with Crippen molar-refractivity contribution in [2.75, 3.05) is 21.3 Å². The molecule has 0 amide bonds. The molecular weight excluding hydrogens is 354 g/mol. The molecule has 2 aromatic rings. The highest BCUT2D eigenvalue weighted by molar-refractivity contribution is 7.95. The van der Waals surface area contributed by atoms with Crippen LogP contribution in [0, 0.1) is 11.3 Å². The third-order valence-corrected chi connectivity index (χ3v) is 5.23. The second-order valence-electron chi connectivity index (χ2n) is 5.37. The number of ether oxygens (including phenoxy) is 3. The fraction of sp³-hybridized carbons (Fsp3) is 0.211. The van der Waals surface area contributed by atoms with Gasteiger partial charge in [-0.15, -0.1) is 0 Å². The lowest BCUT2D eigenvalue weighted by Gasteiger charge is -2.07. The molecule has 0 spiro atoms. The quantitative estimate of drug-likeness (QED) is 0.693. The van der Waals surface area contributed by atoms with Gasteiger partial charge in [0.25, 0.3) is 0 Å². The summed E-state index contributed by atoms with van der Waals surface area (Å²) in [5, 5.41) is 9.36. The molecule has 26 heavy (non-hydrogen) atoms. The minimum Gasteiger partial charge on any atom is -0.497 e. The highest BCUT2D eigenvalue weighted by Gasteiger charge is 2.19. The maximum absolute atomic E-state index is 12.6. The third-order valence-electron chi connectivity index (χ3n) is 3.63. The molecule has 0 saturated heterocycles. The largest absolute Gasteiger partial charge is 0.497 e. The lowest BCUT2D eigenvalue weighted by molar-refractivity contribution is 0.394. The van der Waals surface area contributed by atoms with Crippen molar-refractivity contribution >= 4 is 15.9 Å². The molecule has 0 unspecified atom stereocenters. The van der Waals surface area contributed by atoms with E-state index >= 15 is 0 Å². The Bertz CT molecular complexity index is 919. The van der Waals surface area contributed by atoms with Gasteiger partial charge < -0.3 is 14.2 Å². The van der Waals surface area contributed by atoms with Crippen LogP contribution >= 0.6 is 0 Å². The zero-order valence-electron chi connectivity index (χ0n) is 14.7. The number of hydrogen-bond donors (Lipinski definition) is 0. The minimum atomic E-state index is -3.80. The lowest BCUT2D eigenvalue weighted by atomic mass is 10.2. The van der Waals surface area contributed by atoms with Crippen LogP contribution in [0.4, 0.5) is 0 Å². The number of rotatable bonds is 7. The van der Waals surface area contributed by atoms with E-state index in [9.17, 15) is 13.7 Å². The summed E-state index contributed by atoms with van der Waals surface area (Å²) < 4.78 is 40.6. The summed E-state index contributed by atoms with van der Waals surface area (Å²) in [4.78, 5) is -0.330. The van der Waals surface area contributed by atoms with Crippen molar-refractivity contribution in [2.24, 2.45) is 0 Å². The maximum Gasteiger partial charge on any atom is 0.192 e. The smallest absolute Gasteiger partial charge is 0.192 e. The van der Waals surface area contributed by atoms with E-state index < -0.39 is 9.84 Å². The van der Waals surface area contributed by atoms with Crippen LogP contribution in [0.1, 0.15) is 11.1 Å². The van der Waals surface area contributed by atoms with E-state index in [1.54, 1.807) is 48.5 Å². The van der Waals surface area contributed by atoms with Crippen LogP contribution in [0.5, 0.6) is 17.2 Å². The van der Waals surface area contributed by atoms with Gasteiger partial charge in [-0.1, -0.05) is 12.1 Å². The normalized spacial score (nSPS) is 11.5. The molecule has 136 valence electrons. The molecule has 2 aromatic carbocycles. The van der Waals surface area contributed by atoms with Gasteiger partial charge in [0.15, 0.2) is 9.84 Å². The number of nitriles is 1. The number of allylic oxidation sites excluding steroid dienone is 1. The molecule has 0 atom stereocenters. The van der Waals surface area contributed by atoms with Crippen molar-refractivity contribution in [1.29, 1.82) is 5.26 Å². The first-order valence-corrected chi connectivity index (χ1v) is 9.27. The number of methoxy groups -OCH3 is 3. The Labute approximate surface area is 153 Å². The predicted molar refractivity (Wildman–Crippen MR) is 98.8 cm³/mol. The van der Waals surface area contributed by atoms with Gasteiger partial charge in [0.1, 0.15) is 28.2 Å².